The average molecular weight is 481 g/mol. The molecule has 0 saturated heterocycles. The van der Waals surface area contributed by atoms with Crippen molar-refractivity contribution in [1.29, 1.82) is 0 Å². The average Bonchev–Trinajstić information content (AvgIpc) is 3.30. The third kappa shape index (κ3) is 5.28. The Morgan fingerprint density at radius 1 is 1.18 bits per heavy atom. The minimum atomic E-state index is -1.08. The molecule has 1 aliphatic rings. The second kappa shape index (κ2) is 9.80. The van der Waals surface area contributed by atoms with Crippen LogP contribution in [0.5, 0.6) is 0 Å². The predicted molar refractivity (Wildman–Crippen MR) is 134 cm³/mol. The van der Waals surface area contributed by atoms with E-state index in [2.05, 4.69) is 40.2 Å². The molecule has 0 amide bonds. The van der Waals surface area contributed by atoms with E-state index in [1.165, 1.54) is 11.3 Å². The van der Waals surface area contributed by atoms with Crippen LogP contribution in [0.2, 0.25) is 0 Å². The standard InChI is InChI=1S/C26H32N4O3S/c1-15(2)21-9-10-27-25(30-21)29-20-12-16(3)11-18(13-20)22-14-28-24(34-22)26(4,33)19-7-5-17(6-8-19)23(31)32/h9-15,17,19,33H,5-8H2,1-4H3,(H,31,32)(H,27,29,30). The summed E-state index contributed by atoms with van der Waals surface area (Å²) in [6, 6.07) is 8.12. The summed E-state index contributed by atoms with van der Waals surface area (Å²) in [7, 11) is 0. The van der Waals surface area contributed by atoms with Crippen molar-refractivity contribution in [3.05, 3.63) is 52.9 Å². The molecule has 2 aromatic heterocycles. The number of carbonyl (C=O) groups is 1. The topological polar surface area (TPSA) is 108 Å². The normalized spacial score (nSPS) is 20.2. The summed E-state index contributed by atoms with van der Waals surface area (Å²) in [6.45, 7) is 8.05. The zero-order valence-electron chi connectivity index (χ0n) is 20.1. The van der Waals surface area contributed by atoms with Crippen LogP contribution in [0, 0.1) is 18.8 Å². The monoisotopic (exact) mass is 480 g/mol. The van der Waals surface area contributed by atoms with Crippen LogP contribution in [0.15, 0.2) is 36.7 Å². The Morgan fingerprint density at radius 2 is 1.91 bits per heavy atom. The van der Waals surface area contributed by atoms with Crippen LogP contribution < -0.4 is 5.32 Å². The van der Waals surface area contributed by atoms with E-state index in [9.17, 15) is 15.0 Å². The van der Waals surface area contributed by atoms with E-state index in [4.69, 9.17) is 0 Å². The maximum absolute atomic E-state index is 11.3. The van der Waals surface area contributed by atoms with Crippen molar-refractivity contribution in [1.82, 2.24) is 15.0 Å². The third-order valence-corrected chi connectivity index (χ3v) is 7.97. The van der Waals surface area contributed by atoms with Gasteiger partial charge in [-0.25, -0.2) is 15.0 Å². The molecule has 3 aromatic rings. The second-order valence-electron chi connectivity index (χ2n) is 9.74. The van der Waals surface area contributed by atoms with Crippen molar-refractivity contribution in [3.63, 3.8) is 0 Å². The van der Waals surface area contributed by atoms with Crippen molar-refractivity contribution in [2.45, 2.75) is 64.9 Å². The summed E-state index contributed by atoms with van der Waals surface area (Å²) in [6.07, 6.45) is 6.15. The van der Waals surface area contributed by atoms with Gasteiger partial charge < -0.3 is 15.5 Å². The first kappa shape index (κ1) is 24.3. The number of nitrogens with one attached hydrogen (secondary N) is 1. The summed E-state index contributed by atoms with van der Waals surface area (Å²) < 4.78 is 0. The second-order valence-corrected chi connectivity index (χ2v) is 10.8. The van der Waals surface area contributed by atoms with Gasteiger partial charge in [-0.15, -0.1) is 11.3 Å². The number of carboxylic acids is 1. The molecule has 8 heteroatoms. The summed E-state index contributed by atoms with van der Waals surface area (Å²) in [5.74, 6) is -0.156. The number of hydrogen-bond donors (Lipinski definition) is 3. The number of aromatic nitrogens is 3. The molecular weight excluding hydrogens is 448 g/mol. The van der Waals surface area contributed by atoms with Gasteiger partial charge in [0, 0.05) is 23.8 Å². The lowest BCUT2D eigenvalue weighted by Crippen LogP contribution is -2.35. The largest absolute Gasteiger partial charge is 0.481 e. The number of aliphatic hydroxyl groups is 1. The number of aliphatic carboxylic acids is 1. The van der Waals surface area contributed by atoms with Crippen LogP contribution in [0.25, 0.3) is 10.4 Å². The van der Waals surface area contributed by atoms with Crippen LogP contribution in [0.3, 0.4) is 0 Å². The quantitative estimate of drug-likeness (QED) is 0.388. The SMILES string of the molecule is Cc1cc(Nc2nccc(C(C)C)n2)cc(-c2cnc(C(C)(O)C3CCC(C(=O)O)CC3)s2)c1. The number of carboxylic acid groups (broad SMARTS) is 1. The molecular formula is C26H32N4O3S. The highest BCUT2D eigenvalue weighted by Gasteiger charge is 2.40. The summed E-state index contributed by atoms with van der Waals surface area (Å²) in [5.41, 5.74) is 2.90. The first-order valence-corrected chi connectivity index (χ1v) is 12.6. The Morgan fingerprint density at radius 3 is 2.59 bits per heavy atom. The van der Waals surface area contributed by atoms with E-state index in [1.54, 1.807) is 6.20 Å². The van der Waals surface area contributed by atoms with Gasteiger partial charge in [-0.05, 0) is 80.7 Å². The lowest BCUT2D eigenvalue weighted by molar-refractivity contribution is -0.144. The Balaban J connectivity index is 1.54. The van der Waals surface area contributed by atoms with Gasteiger partial charge >= 0.3 is 5.97 Å². The van der Waals surface area contributed by atoms with Crippen LogP contribution in [0.1, 0.15) is 68.6 Å². The molecule has 1 atom stereocenters. The molecule has 34 heavy (non-hydrogen) atoms. The zero-order valence-corrected chi connectivity index (χ0v) is 20.9. The molecule has 4 rings (SSSR count). The van der Waals surface area contributed by atoms with Crippen LogP contribution in [-0.4, -0.2) is 31.1 Å². The minimum absolute atomic E-state index is 0.00206. The molecule has 0 radical (unpaired) electrons. The number of hydrogen-bond acceptors (Lipinski definition) is 7. The fraction of sp³-hybridized carbons (Fsp3) is 0.462. The smallest absolute Gasteiger partial charge is 0.306 e. The highest BCUT2D eigenvalue weighted by molar-refractivity contribution is 7.15. The van der Waals surface area contributed by atoms with Gasteiger partial charge in [-0.3, -0.25) is 4.79 Å². The number of aryl methyl sites for hydroxylation is 1. The predicted octanol–water partition coefficient (Wildman–Crippen LogP) is 5.87. The fourth-order valence-electron chi connectivity index (χ4n) is 4.60. The minimum Gasteiger partial charge on any atom is -0.481 e. The Kier molecular flexibility index (Phi) is 7.00. The van der Waals surface area contributed by atoms with Gasteiger partial charge in [-0.2, -0.15) is 0 Å². The molecule has 180 valence electrons. The van der Waals surface area contributed by atoms with Gasteiger partial charge in [0.25, 0.3) is 0 Å². The van der Waals surface area contributed by atoms with Crippen molar-refractivity contribution >= 4 is 28.9 Å². The Bertz CT molecular complexity index is 1170. The van der Waals surface area contributed by atoms with E-state index in [-0.39, 0.29) is 11.8 Å². The van der Waals surface area contributed by atoms with Crippen molar-refractivity contribution in [3.8, 4) is 10.4 Å². The summed E-state index contributed by atoms with van der Waals surface area (Å²) in [5, 5.41) is 24.6. The highest BCUT2D eigenvalue weighted by atomic mass is 32.1. The van der Waals surface area contributed by atoms with Crippen LogP contribution in [-0.2, 0) is 10.4 Å². The summed E-state index contributed by atoms with van der Waals surface area (Å²) >= 11 is 1.49. The summed E-state index contributed by atoms with van der Waals surface area (Å²) in [4.78, 5) is 25.8. The van der Waals surface area contributed by atoms with Gasteiger partial charge in [-0.1, -0.05) is 19.9 Å². The van der Waals surface area contributed by atoms with Gasteiger partial charge in [0.2, 0.25) is 5.95 Å². The lowest BCUT2D eigenvalue weighted by Gasteiger charge is -2.35. The molecule has 1 unspecified atom stereocenters. The van der Waals surface area contributed by atoms with E-state index in [1.807, 2.05) is 38.2 Å². The lowest BCUT2D eigenvalue weighted by atomic mass is 9.74. The van der Waals surface area contributed by atoms with Crippen LogP contribution >= 0.6 is 11.3 Å². The van der Waals surface area contributed by atoms with Crippen molar-refractivity contribution in [2.24, 2.45) is 11.8 Å². The fourth-order valence-corrected chi connectivity index (χ4v) is 5.63. The maximum Gasteiger partial charge on any atom is 0.306 e. The maximum atomic E-state index is 11.3. The number of thiazole rings is 1. The molecule has 1 fully saturated rings. The van der Waals surface area contributed by atoms with E-state index < -0.39 is 11.6 Å². The van der Waals surface area contributed by atoms with Crippen molar-refractivity contribution < 1.29 is 15.0 Å². The first-order chi connectivity index (χ1) is 16.1. The Hall–Kier alpha value is -2.84. The molecule has 2 heterocycles. The molecule has 0 aliphatic heterocycles. The number of nitrogens with zero attached hydrogens (tertiary/aromatic N) is 3. The van der Waals surface area contributed by atoms with E-state index in [0.29, 0.717) is 42.6 Å². The molecule has 0 spiro atoms. The van der Waals surface area contributed by atoms with E-state index in [0.717, 1.165) is 27.4 Å². The van der Waals surface area contributed by atoms with Crippen molar-refractivity contribution in [2.75, 3.05) is 5.32 Å². The highest BCUT2D eigenvalue weighted by Crippen LogP contribution is 2.43. The van der Waals surface area contributed by atoms with Gasteiger partial charge in [0.1, 0.15) is 10.6 Å². The molecule has 1 saturated carbocycles. The molecule has 1 aromatic carbocycles. The molecule has 0 bridgehead atoms. The molecule has 7 nitrogen and oxygen atoms in total. The number of benzene rings is 1. The van der Waals surface area contributed by atoms with Gasteiger partial charge in [0.05, 0.1) is 10.8 Å². The third-order valence-electron chi connectivity index (χ3n) is 6.70. The number of rotatable bonds is 7. The van der Waals surface area contributed by atoms with E-state index >= 15 is 0 Å². The van der Waals surface area contributed by atoms with Gasteiger partial charge in [0.15, 0.2) is 0 Å². The number of anilines is 2. The zero-order chi connectivity index (χ0) is 24.5. The molecule has 1 aliphatic carbocycles. The molecule has 3 N–H and O–H groups in total. The van der Waals surface area contributed by atoms with Crippen LogP contribution in [0.4, 0.5) is 11.6 Å². The first-order valence-electron chi connectivity index (χ1n) is 11.8. The Labute approximate surface area is 204 Å².